The van der Waals surface area contributed by atoms with Crippen LogP contribution in [0.3, 0.4) is 0 Å². The summed E-state index contributed by atoms with van der Waals surface area (Å²) < 4.78 is 2.23. The van der Waals surface area contributed by atoms with E-state index in [1.165, 1.54) is 4.68 Å². The average molecular weight is 460 g/mol. The number of aromatic nitrogens is 2. The fourth-order valence-electron chi connectivity index (χ4n) is 3.12. The molecule has 0 amide bonds. The highest BCUT2D eigenvalue weighted by Crippen LogP contribution is 2.31. The molecule has 0 atom stereocenters. The van der Waals surface area contributed by atoms with Crippen molar-refractivity contribution < 1.29 is 0 Å². The molecule has 0 saturated heterocycles. The second-order valence-corrected chi connectivity index (χ2v) is 7.93. The monoisotopic (exact) mass is 458 g/mol. The molecule has 0 aliphatic heterocycles. The largest absolute Gasteiger partial charge is 0.279 e. The molecule has 0 bridgehead atoms. The highest BCUT2D eigenvalue weighted by atomic mass is 79.9. The first-order valence-corrected chi connectivity index (χ1v) is 9.74. The molecule has 3 aromatic carbocycles. The topological polar surface area (TPSA) is 34.9 Å². The van der Waals surface area contributed by atoms with Crippen molar-refractivity contribution in [1.82, 2.24) is 9.78 Å². The van der Waals surface area contributed by atoms with Gasteiger partial charge in [0.15, 0.2) is 0 Å². The minimum absolute atomic E-state index is 0.268. The molecular weight excluding hydrogens is 447 g/mol. The SMILES string of the molecule is Cc1cc(Br)cc(-c2nn(-c3c(Cl)cccc3Cl)c(=O)c3ccccc23)c1. The molecule has 0 saturated carbocycles. The fraction of sp³-hybridized carbons (Fsp3) is 0.0476. The number of aryl methyl sites for hydroxylation is 1. The van der Waals surface area contributed by atoms with Gasteiger partial charge in [0.25, 0.3) is 5.56 Å². The van der Waals surface area contributed by atoms with E-state index in [0.29, 0.717) is 26.8 Å². The molecule has 4 rings (SSSR count). The molecule has 1 aromatic heterocycles. The van der Waals surface area contributed by atoms with Gasteiger partial charge in [-0.1, -0.05) is 63.4 Å². The van der Waals surface area contributed by atoms with Crippen LogP contribution in [0, 0.1) is 6.92 Å². The van der Waals surface area contributed by atoms with Crippen LogP contribution < -0.4 is 5.56 Å². The third kappa shape index (κ3) is 3.29. The lowest BCUT2D eigenvalue weighted by atomic mass is 10.0. The molecule has 3 nitrogen and oxygen atoms in total. The normalized spacial score (nSPS) is 11.1. The van der Waals surface area contributed by atoms with Crippen LogP contribution in [0.15, 0.2) is 69.9 Å². The lowest BCUT2D eigenvalue weighted by Gasteiger charge is -2.14. The third-order valence-electron chi connectivity index (χ3n) is 4.27. The van der Waals surface area contributed by atoms with E-state index in [1.807, 2.05) is 43.3 Å². The molecule has 0 radical (unpaired) electrons. The first-order valence-electron chi connectivity index (χ1n) is 8.20. The van der Waals surface area contributed by atoms with E-state index < -0.39 is 0 Å². The minimum Gasteiger partial charge on any atom is -0.267 e. The van der Waals surface area contributed by atoms with Crippen molar-refractivity contribution in [2.75, 3.05) is 0 Å². The Balaban J connectivity index is 2.14. The second-order valence-electron chi connectivity index (χ2n) is 6.20. The van der Waals surface area contributed by atoms with Gasteiger partial charge in [-0.25, -0.2) is 0 Å². The molecule has 6 heteroatoms. The number of para-hydroxylation sites is 1. The molecule has 134 valence electrons. The molecule has 0 aliphatic rings. The van der Waals surface area contributed by atoms with E-state index in [2.05, 4.69) is 21.0 Å². The zero-order valence-corrected chi connectivity index (χ0v) is 17.3. The highest BCUT2D eigenvalue weighted by molar-refractivity contribution is 9.10. The van der Waals surface area contributed by atoms with Gasteiger partial charge in [0.2, 0.25) is 0 Å². The van der Waals surface area contributed by atoms with Crippen LogP contribution >= 0.6 is 39.1 Å². The average Bonchev–Trinajstić information content (AvgIpc) is 2.62. The zero-order valence-electron chi connectivity index (χ0n) is 14.2. The fourth-order valence-corrected chi connectivity index (χ4v) is 4.28. The molecule has 0 spiro atoms. The van der Waals surface area contributed by atoms with Crippen molar-refractivity contribution in [2.45, 2.75) is 6.92 Å². The van der Waals surface area contributed by atoms with Gasteiger partial charge in [-0.3, -0.25) is 4.79 Å². The summed E-state index contributed by atoms with van der Waals surface area (Å²) in [6.45, 7) is 2.01. The Bertz CT molecular complexity index is 1210. The second kappa shape index (κ2) is 7.12. The van der Waals surface area contributed by atoms with Crippen LogP contribution in [0.25, 0.3) is 27.7 Å². The standard InChI is InChI=1S/C21H13BrCl2N2O/c1-12-9-13(11-14(22)10-12)19-15-5-2-3-6-16(15)21(27)26(25-19)20-17(23)7-4-8-18(20)24/h2-11H,1H3. The Morgan fingerprint density at radius 1 is 0.926 bits per heavy atom. The van der Waals surface area contributed by atoms with Crippen LogP contribution in [0.1, 0.15) is 5.56 Å². The number of fused-ring (bicyclic) bond motifs is 1. The Morgan fingerprint density at radius 3 is 2.26 bits per heavy atom. The summed E-state index contributed by atoms with van der Waals surface area (Å²) in [5.41, 5.74) is 2.78. The first kappa shape index (κ1) is 18.2. The van der Waals surface area contributed by atoms with Crippen molar-refractivity contribution in [3.05, 3.63) is 91.1 Å². The number of benzene rings is 3. The van der Waals surface area contributed by atoms with Gasteiger partial charge in [-0.15, -0.1) is 0 Å². The van der Waals surface area contributed by atoms with E-state index in [1.54, 1.807) is 24.3 Å². The summed E-state index contributed by atoms with van der Waals surface area (Å²) in [6.07, 6.45) is 0. The molecule has 0 fully saturated rings. The van der Waals surface area contributed by atoms with E-state index in [4.69, 9.17) is 23.2 Å². The van der Waals surface area contributed by atoms with Gasteiger partial charge in [-0.2, -0.15) is 9.78 Å². The minimum atomic E-state index is -0.268. The summed E-state index contributed by atoms with van der Waals surface area (Å²) in [7, 11) is 0. The van der Waals surface area contributed by atoms with E-state index >= 15 is 0 Å². The highest BCUT2D eigenvalue weighted by Gasteiger charge is 2.17. The molecule has 0 aliphatic carbocycles. The van der Waals surface area contributed by atoms with Gasteiger partial charge >= 0.3 is 0 Å². The Hall–Kier alpha value is -2.14. The number of hydrogen-bond donors (Lipinski definition) is 0. The Morgan fingerprint density at radius 2 is 1.59 bits per heavy atom. The zero-order chi connectivity index (χ0) is 19.1. The molecule has 0 N–H and O–H groups in total. The maximum absolute atomic E-state index is 13.1. The molecule has 1 heterocycles. The van der Waals surface area contributed by atoms with E-state index in [0.717, 1.165) is 21.0 Å². The van der Waals surface area contributed by atoms with Crippen molar-refractivity contribution in [3.63, 3.8) is 0 Å². The van der Waals surface area contributed by atoms with Gasteiger partial charge in [0.1, 0.15) is 5.69 Å². The number of nitrogens with zero attached hydrogens (tertiary/aromatic N) is 2. The van der Waals surface area contributed by atoms with E-state index in [-0.39, 0.29) is 5.56 Å². The van der Waals surface area contributed by atoms with Gasteiger partial charge in [-0.05, 0) is 48.9 Å². The quantitative estimate of drug-likeness (QED) is 0.346. The number of hydrogen-bond acceptors (Lipinski definition) is 2. The molecule has 27 heavy (non-hydrogen) atoms. The lowest BCUT2D eigenvalue weighted by Crippen LogP contribution is -2.22. The number of rotatable bonds is 2. The van der Waals surface area contributed by atoms with Crippen LogP contribution in [0.5, 0.6) is 0 Å². The third-order valence-corrected chi connectivity index (χ3v) is 5.34. The Kier molecular flexibility index (Phi) is 4.81. The predicted octanol–water partition coefficient (Wildman–Crippen LogP) is 6.43. The summed E-state index contributed by atoms with van der Waals surface area (Å²) in [6, 6.07) is 18.6. The van der Waals surface area contributed by atoms with Crippen LogP contribution in [0.4, 0.5) is 0 Å². The van der Waals surface area contributed by atoms with Crippen LogP contribution in [-0.2, 0) is 0 Å². The predicted molar refractivity (Wildman–Crippen MR) is 115 cm³/mol. The maximum atomic E-state index is 13.1. The first-order chi connectivity index (χ1) is 13.0. The summed E-state index contributed by atoms with van der Waals surface area (Å²) >= 11 is 16.2. The van der Waals surface area contributed by atoms with Crippen LogP contribution in [0.2, 0.25) is 10.0 Å². The maximum Gasteiger partial charge on any atom is 0.279 e. The molecular formula is C21H13BrCl2N2O. The van der Waals surface area contributed by atoms with Crippen molar-refractivity contribution in [3.8, 4) is 16.9 Å². The van der Waals surface area contributed by atoms with Gasteiger partial charge < -0.3 is 0 Å². The van der Waals surface area contributed by atoms with E-state index in [9.17, 15) is 4.79 Å². The summed E-state index contributed by atoms with van der Waals surface area (Å²) in [5.74, 6) is 0. The molecule has 4 aromatic rings. The van der Waals surface area contributed by atoms with Crippen molar-refractivity contribution >= 4 is 49.9 Å². The van der Waals surface area contributed by atoms with Crippen molar-refractivity contribution in [2.24, 2.45) is 0 Å². The number of halogens is 3. The molecule has 0 unspecified atom stereocenters. The van der Waals surface area contributed by atoms with Gasteiger partial charge in [0, 0.05) is 15.4 Å². The summed E-state index contributed by atoms with van der Waals surface area (Å²) in [4.78, 5) is 13.1. The van der Waals surface area contributed by atoms with Crippen LogP contribution in [-0.4, -0.2) is 9.78 Å². The summed E-state index contributed by atoms with van der Waals surface area (Å²) in [5, 5.41) is 6.72. The lowest BCUT2D eigenvalue weighted by molar-refractivity contribution is 0.826. The Labute approximate surface area is 174 Å². The van der Waals surface area contributed by atoms with Crippen molar-refractivity contribution in [1.29, 1.82) is 0 Å². The smallest absolute Gasteiger partial charge is 0.267 e. The van der Waals surface area contributed by atoms with Gasteiger partial charge in [0.05, 0.1) is 21.1 Å².